The molecule has 13 heavy (non-hydrogen) atoms. The number of aryl methyl sites for hydroxylation is 1. The molecular formula is C10H9IO2. The Morgan fingerprint density at radius 3 is 3.00 bits per heavy atom. The Morgan fingerprint density at radius 1 is 1.46 bits per heavy atom. The van der Waals surface area contributed by atoms with Crippen molar-refractivity contribution in [3.05, 3.63) is 26.8 Å². The van der Waals surface area contributed by atoms with Gasteiger partial charge in [0.1, 0.15) is 5.75 Å². The minimum atomic E-state index is 0.197. The van der Waals surface area contributed by atoms with E-state index in [2.05, 4.69) is 22.6 Å². The molecule has 0 unspecified atom stereocenters. The van der Waals surface area contributed by atoms with Crippen LogP contribution >= 0.6 is 22.6 Å². The molecule has 0 spiro atoms. The Kier molecular flexibility index (Phi) is 2.27. The minimum absolute atomic E-state index is 0.197. The molecule has 0 atom stereocenters. The second-order valence-corrected chi connectivity index (χ2v) is 4.37. The number of carbonyl (C=O) groups is 1. The van der Waals surface area contributed by atoms with Gasteiger partial charge in [-0.25, -0.2) is 0 Å². The number of halogens is 1. The van der Waals surface area contributed by atoms with Gasteiger partial charge in [-0.15, -0.1) is 0 Å². The lowest BCUT2D eigenvalue weighted by molar-refractivity contribution is 0.0932. The number of benzene rings is 1. The predicted octanol–water partition coefficient (Wildman–Crippen LogP) is 2.56. The third kappa shape index (κ3) is 1.57. The molecule has 2 rings (SSSR count). The maximum absolute atomic E-state index is 11.5. The smallest absolute Gasteiger partial charge is 0.170 e. The zero-order chi connectivity index (χ0) is 9.42. The largest absolute Gasteiger partial charge is 0.492 e. The van der Waals surface area contributed by atoms with Gasteiger partial charge in [0.25, 0.3) is 0 Å². The highest BCUT2D eigenvalue weighted by Crippen LogP contribution is 2.30. The van der Waals surface area contributed by atoms with E-state index in [0.717, 1.165) is 20.4 Å². The summed E-state index contributed by atoms with van der Waals surface area (Å²) in [4.78, 5) is 11.5. The van der Waals surface area contributed by atoms with Gasteiger partial charge in [-0.2, -0.15) is 0 Å². The molecule has 0 amide bonds. The van der Waals surface area contributed by atoms with Crippen LogP contribution in [0.5, 0.6) is 5.75 Å². The molecular weight excluding hydrogens is 279 g/mol. The molecule has 0 saturated heterocycles. The lowest BCUT2D eigenvalue weighted by Crippen LogP contribution is -2.16. The molecule has 0 radical (unpaired) electrons. The zero-order valence-corrected chi connectivity index (χ0v) is 9.42. The van der Waals surface area contributed by atoms with E-state index in [-0.39, 0.29) is 5.78 Å². The molecule has 0 N–H and O–H groups in total. The van der Waals surface area contributed by atoms with Crippen LogP contribution in [0.15, 0.2) is 12.1 Å². The Hall–Kier alpha value is -0.580. The van der Waals surface area contributed by atoms with Crippen molar-refractivity contribution in [3.8, 4) is 5.75 Å². The van der Waals surface area contributed by atoms with Gasteiger partial charge in [0.05, 0.1) is 12.2 Å². The van der Waals surface area contributed by atoms with Gasteiger partial charge in [-0.05, 0) is 47.2 Å². The number of carbonyl (C=O) groups excluding carboxylic acids is 1. The molecule has 0 saturated carbocycles. The van der Waals surface area contributed by atoms with Gasteiger partial charge in [0, 0.05) is 9.99 Å². The first-order valence-electron chi connectivity index (χ1n) is 4.14. The average Bonchev–Trinajstić information content (AvgIpc) is 2.07. The van der Waals surface area contributed by atoms with Crippen LogP contribution in [0.3, 0.4) is 0 Å². The van der Waals surface area contributed by atoms with Gasteiger partial charge in [0.15, 0.2) is 5.78 Å². The summed E-state index contributed by atoms with van der Waals surface area (Å²) in [5, 5.41) is 0. The standard InChI is InChI=1S/C10H9IO2/c1-6-4-7(11)5-8-9(12)2-3-13-10(6)8/h4-5H,2-3H2,1H3. The zero-order valence-electron chi connectivity index (χ0n) is 7.26. The first-order chi connectivity index (χ1) is 6.18. The van der Waals surface area contributed by atoms with Crippen molar-refractivity contribution < 1.29 is 9.53 Å². The van der Waals surface area contributed by atoms with Gasteiger partial charge in [-0.3, -0.25) is 4.79 Å². The van der Waals surface area contributed by atoms with Crippen LogP contribution in [0, 0.1) is 10.5 Å². The van der Waals surface area contributed by atoms with Gasteiger partial charge < -0.3 is 4.74 Å². The molecule has 0 bridgehead atoms. The Morgan fingerprint density at radius 2 is 2.23 bits per heavy atom. The number of ketones is 1. The number of hydrogen-bond acceptors (Lipinski definition) is 2. The first kappa shape index (κ1) is 8.99. The number of Topliss-reactive ketones (excluding diaryl/α,β-unsaturated/α-hetero) is 1. The van der Waals surface area contributed by atoms with Crippen LogP contribution in [-0.4, -0.2) is 12.4 Å². The highest BCUT2D eigenvalue weighted by Gasteiger charge is 2.20. The van der Waals surface area contributed by atoms with E-state index < -0.39 is 0 Å². The first-order valence-corrected chi connectivity index (χ1v) is 5.22. The van der Waals surface area contributed by atoms with Crippen molar-refractivity contribution in [1.82, 2.24) is 0 Å². The van der Waals surface area contributed by atoms with Crippen LogP contribution in [0.4, 0.5) is 0 Å². The van der Waals surface area contributed by atoms with E-state index in [1.807, 2.05) is 19.1 Å². The SMILES string of the molecule is Cc1cc(I)cc2c1OCCC2=O. The molecule has 1 aliphatic rings. The number of ether oxygens (including phenoxy) is 1. The summed E-state index contributed by atoms with van der Waals surface area (Å²) in [5.74, 6) is 0.972. The maximum atomic E-state index is 11.5. The highest BCUT2D eigenvalue weighted by atomic mass is 127. The predicted molar refractivity (Wildman–Crippen MR) is 58.3 cm³/mol. The summed E-state index contributed by atoms with van der Waals surface area (Å²) in [6.07, 6.45) is 0.506. The molecule has 1 aromatic rings. The summed E-state index contributed by atoms with van der Waals surface area (Å²) in [6, 6.07) is 3.92. The molecule has 1 aromatic carbocycles. The van der Waals surface area contributed by atoms with E-state index in [1.54, 1.807) is 0 Å². The fraction of sp³-hybridized carbons (Fsp3) is 0.300. The minimum Gasteiger partial charge on any atom is -0.492 e. The second kappa shape index (κ2) is 3.29. The lowest BCUT2D eigenvalue weighted by Gasteiger charge is -2.18. The van der Waals surface area contributed by atoms with E-state index in [9.17, 15) is 4.79 Å². The van der Waals surface area contributed by atoms with Crippen molar-refractivity contribution in [1.29, 1.82) is 0 Å². The van der Waals surface area contributed by atoms with Crippen LogP contribution in [0.1, 0.15) is 22.3 Å². The Bertz CT molecular complexity index is 371. The summed E-state index contributed by atoms with van der Waals surface area (Å²) in [5.41, 5.74) is 1.80. The van der Waals surface area contributed by atoms with Crippen LogP contribution in [0.2, 0.25) is 0 Å². The molecule has 1 aliphatic heterocycles. The molecule has 1 heterocycles. The molecule has 0 fully saturated rings. The van der Waals surface area contributed by atoms with Crippen molar-refractivity contribution in [2.75, 3.05) is 6.61 Å². The van der Waals surface area contributed by atoms with E-state index in [4.69, 9.17) is 4.74 Å². The average molecular weight is 288 g/mol. The van der Waals surface area contributed by atoms with E-state index >= 15 is 0 Å². The van der Waals surface area contributed by atoms with Crippen molar-refractivity contribution in [3.63, 3.8) is 0 Å². The molecule has 0 aliphatic carbocycles. The number of fused-ring (bicyclic) bond motifs is 1. The molecule has 0 aromatic heterocycles. The molecule has 2 nitrogen and oxygen atoms in total. The summed E-state index contributed by atoms with van der Waals surface area (Å²) in [7, 11) is 0. The summed E-state index contributed by atoms with van der Waals surface area (Å²) in [6.45, 7) is 2.49. The highest BCUT2D eigenvalue weighted by molar-refractivity contribution is 14.1. The van der Waals surface area contributed by atoms with Crippen molar-refractivity contribution in [2.24, 2.45) is 0 Å². The van der Waals surface area contributed by atoms with Gasteiger partial charge >= 0.3 is 0 Å². The monoisotopic (exact) mass is 288 g/mol. The third-order valence-corrected chi connectivity index (χ3v) is 2.74. The number of hydrogen-bond donors (Lipinski definition) is 0. The lowest BCUT2D eigenvalue weighted by atomic mass is 10.0. The van der Waals surface area contributed by atoms with Crippen LogP contribution < -0.4 is 4.74 Å². The van der Waals surface area contributed by atoms with Gasteiger partial charge in [0.2, 0.25) is 0 Å². The molecule has 68 valence electrons. The van der Waals surface area contributed by atoms with Crippen molar-refractivity contribution >= 4 is 28.4 Å². The van der Waals surface area contributed by atoms with Crippen LogP contribution in [-0.2, 0) is 0 Å². The van der Waals surface area contributed by atoms with Crippen LogP contribution in [0.25, 0.3) is 0 Å². The topological polar surface area (TPSA) is 26.3 Å². The maximum Gasteiger partial charge on any atom is 0.170 e. The van der Waals surface area contributed by atoms with Crippen molar-refractivity contribution in [2.45, 2.75) is 13.3 Å². The second-order valence-electron chi connectivity index (χ2n) is 3.12. The Labute approximate surface area is 90.4 Å². The third-order valence-electron chi connectivity index (χ3n) is 2.12. The number of rotatable bonds is 0. The van der Waals surface area contributed by atoms with E-state index in [1.165, 1.54) is 0 Å². The van der Waals surface area contributed by atoms with Gasteiger partial charge in [-0.1, -0.05) is 0 Å². The fourth-order valence-electron chi connectivity index (χ4n) is 1.51. The summed E-state index contributed by atoms with van der Waals surface area (Å²) >= 11 is 2.21. The fourth-order valence-corrected chi connectivity index (χ4v) is 2.29. The molecule has 3 heteroatoms. The normalized spacial score (nSPS) is 15.1. The quantitative estimate of drug-likeness (QED) is 0.686. The van der Waals surface area contributed by atoms with E-state index in [0.29, 0.717) is 13.0 Å². The summed E-state index contributed by atoms with van der Waals surface area (Å²) < 4.78 is 6.55. The Balaban J connectivity index is 2.63.